The molecule has 0 fully saturated rings. The molecule has 0 saturated carbocycles. The van der Waals surface area contributed by atoms with Gasteiger partial charge in [-0.25, -0.2) is 4.79 Å². The minimum Gasteiger partial charge on any atom is -0.468 e. The molecule has 1 atom stereocenters. The molecule has 0 heterocycles. The van der Waals surface area contributed by atoms with Gasteiger partial charge in [0.15, 0.2) is 5.78 Å². The number of carbonyl (C=O) groups excluding carboxylic acids is 3. The van der Waals surface area contributed by atoms with E-state index in [2.05, 4.69) is 9.47 Å². The maximum absolute atomic E-state index is 11.6. The molecule has 0 aromatic carbocycles. The molecule has 5 nitrogen and oxygen atoms in total. The maximum Gasteiger partial charge on any atom is 0.341 e. The van der Waals surface area contributed by atoms with Gasteiger partial charge < -0.3 is 9.47 Å². The van der Waals surface area contributed by atoms with Crippen molar-refractivity contribution in [3.05, 3.63) is 23.8 Å². The van der Waals surface area contributed by atoms with Gasteiger partial charge in [-0.3, -0.25) is 9.59 Å². The number of allylic oxidation sites excluding steroid dienone is 1. The van der Waals surface area contributed by atoms with Gasteiger partial charge in [0, 0.05) is 5.88 Å². The van der Waals surface area contributed by atoms with Gasteiger partial charge in [0.2, 0.25) is 0 Å². The van der Waals surface area contributed by atoms with E-state index in [0.717, 1.165) is 13.2 Å². The van der Waals surface area contributed by atoms with Gasteiger partial charge in [-0.2, -0.15) is 0 Å². The van der Waals surface area contributed by atoms with E-state index in [-0.39, 0.29) is 11.5 Å². The average Bonchev–Trinajstić information content (AvgIpc) is 2.37. The van der Waals surface area contributed by atoms with Crippen LogP contribution >= 0.6 is 11.6 Å². The van der Waals surface area contributed by atoms with Crippen LogP contribution in [0.1, 0.15) is 0 Å². The zero-order chi connectivity index (χ0) is 13.1. The van der Waals surface area contributed by atoms with Crippen LogP contribution in [0.15, 0.2) is 23.8 Å². The van der Waals surface area contributed by atoms with Crippen LogP contribution in [-0.2, 0) is 23.9 Å². The number of methoxy groups -OCH3 is 2. The molecule has 0 saturated heterocycles. The van der Waals surface area contributed by atoms with Crippen LogP contribution in [0.4, 0.5) is 0 Å². The summed E-state index contributed by atoms with van der Waals surface area (Å²) < 4.78 is 9.05. The Kier molecular flexibility index (Phi) is 4.07. The number of alkyl halides is 1. The minimum atomic E-state index is -1.30. The number of esters is 2. The van der Waals surface area contributed by atoms with Crippen LogP contribution in [0, 0.1) is 5.41 Å². The Morgan fingerprint density at radius 1 is 1.35 bits per heavy atom. The van der Waals surface area contributed by atoms with Crippen LogP contribution in [0.25, 0.3) is 0 Å². The molecule has 0 bridgehead atoms. The van der Waals surface area contributed by atoms with E-state index in [1.165, 1.54) is 19.3 Å². The van der Waals surface area contributed by atoms with Crippen molar-refractivity contribution in [1.82, 2.24) is 0 Å². The van der Waals surface area contributed by atoms with Crippen molar-refractivity contribution in [2.75, 3.05) is 20.1 Å². The third-order valence-electron chi connectivity index (χ3n) is 2.39. The predicted molar refractivity (Wildman–Crippen MR) is 59.4 cm³/mol. The van der Waals surface area contributed by atoms with Crippen LogP contribution < -0.4 is 0 Å². The monoisotopic (exact) mass is 258 g/mol. The molecule has 0 spiro atoms. The topological polar surface area (TPSA) is 69.7 Å². The first kappa shape index (κ1) is 13.4. The number of rotatable bonds is 3. The first-order chi connectivity index (χ1) is 8.00. The summed E-state index contributed by atoms with van der Waals surface area (Å²) in [5.41, 5.74) is -1.52. The van der Waals surface area contributed by atoms with E-state index in [0.29, 0.717) is 0 Å². The summed E-state index contributed by atoms with van der Waals surface area (Å²) in [4.78, 5) is 34.4. The van der Waals surface area contributed by atoms with Crippen LogP contribution in [0.3, 0.4) is 0 Å². The number of hydrogen-bond donors (Lipinski definition) is 0. The summed E-state index contributed by atoms with van der Waals surface area (Å²) in [5.74, 6) is -2.11. The van der Waals surface area contributed by atoms with Crippen molar-refractivity contribution in [1.29, 1.82) is 0 Å². The molecule has 1 unspecified atom stereocenters. The molecule has 1 aliphatic carbocycles. The molecule has 6 heteroatoms. The van der Waals surface area contributed by atoms with Crippen molar-refractivity contribution in [2.24, 2.45) is 5.41 Å². The van der Waals surface area contributed by atoms with Gasteiger partial charge in [-0.15, -0.1) is 11.6 Å². The largest absolute Gasteiger partial charge is 0.468 e. The fourth-order valence-corrected chi connectivity index (χ4v) is 1.69. The van der Waals surface area contributed by atoms with Crippen LogP contribution in [0.5, 0.6) is 0 Å². The Morgan fingerprint density at radius 3 is 2.47 bits per heavy atom. The number of ether oxygens (including phenoxy) is 2. The summed E-state index contributed by atoms with van der Waals surface area (Å²) in [6, 6.07) is 0. The number of ketones is 1. The number of halogens is 1. The average molecular weight is 259 g/mol. The lowest BCUT2D eigenvalue weighted by Gasteiger charge is -2.24. The molecule has 0 N–H and O–H groups in total. The Balaban J connectivity index is 3.23. The van der Waals surface area contributed by atoms with Crippen molar-refractivity contribution in [3.8, 4) is 0 Å². The van der Waals surface area contributed by atoms with Gasteiger partial charge in [0.05, 0.1) is 14.2 Å². The molecule has 0 radical (unpaired) electrons. The standard InChI is InChI=1S/C11H11ClO5/c1-16-9(14)7-5-11(6-12,10(15)17-2)4-3-8(7)13/h3-5H,6H2,1-2H3. The smallest absolute Gasteiger partial charge is 0.341 e. The first-order valence-electron chi connectivity index (χ1n) is 4.70. The molecule has 1 rings (SSSR count). The zero-order valence-corrected chi connectivity index (χ0v) is 10.1. The maximum atomic E-state index is 11.6. The SMILES string of the molecule is COC(=O)C1=CC(CCl)(C(=O)OC)C=CC1=O. The van der Waals surface area contributed by atoms with Crippen molar-refractivity contribution >= 4 is 29.3 Å². The third-order valence-corrected chi connectivity index (χ3v) is 2.83. The van der Waals surface area contributed by atoms with Crippen molar-refractivity contribution in [2.45, 2.75) is 0 Å². The van der Waals surface area contributed by atoms with Gasteiger partial charge in [-0.1, -0.05) is 6.08 Å². The highest BCUT2D eigenvalue weighted by molar-refractivity contribution is 6.25. The number of carbonyl (C=O) groups is 3. The summed E-state index contributed by atoms with van der Waals surface area (Å²) in [6.07, 6.45) is 3.62. The lowest BCUT2D eigenvalue weighted by atomic mass is 9.82. The number of hydrogen-bond acceptors (Lipinski definition) is 5. The Hall–Kier alpha value is -1.62. The van der Waals surface area contributed by atoms with Crippen LogP contribution in [0.2, 0.25) is 0 Å². The van der Waals surface area contributed by atoms with E-state index in [4.69, 9.17) is 11.6 Å². The quantitative estimate of drug-likeness (QED) is 0.422. The van der Waals surface area contributed by atoms with Gasteiger partial charge >= 0.3 is 11.9 Å². The fraction of sp³-hybridized carbons (Fsp3) is 0.364. The Morgan fingerprint density at radius 2 is 2.00 bits per heavy atom. The second kappa shape index (κ2) is 5.14. The van der Waals surface area contributed by atoms with E-state index < -0.39 is 23.1 Å². The Bertz CT molecular complexity index is 424. The van der Waals surface area contributed by atoms with Crippen LogP contribution in [-0.4, -0.2) is 37.8 Å². The second-order valence-corrected chi connectivity index (χ2v) is 3.68. The molecule has 0 aliphatic heterocycles. The molecule has 92 valence electrons. The molecule has 0 aromatic heterocycles. The lowest BCUT2D eigenvalue weighted by Crippen LogP contribution is -2.34. The highest BCUT2D eigenvalue weighted by Crippen LogP contribution is 2.30. The summed E-state index contributed by atoms with van der Waals surface area (Å²) in [7, 11) is 2.35. The summed E-state index contributed by atoms with van der Waals surface area (Å²) in [6.45, 7) is 0. The van der Waals surface area contributed by atoms with Crippen molar-refractivity contribution < 1.29 is 23.9 Å². The lowest BCUT2D eigenvalue weighted by molar-refractivity contribution is -0.146. The zero-order valence-electron chi connectivity index (χ0n) is 9.36. The molecule has 17 heavy (non-hydrogen) atoms. The van der Waals surface area contributed by atoms with Gasteiger partial charge in [0.1, 0.15) is 11.0 Å². The van der Waals surface area contributed by atoms with E-state index >= 15 is 0 Å². The highest BCUT2D eigenvalue weighted by atomic mass is 35.5. The summed E-state index contributed by atoms with van der Waals surface area (Å²) >= 11 is 5.71. The first-order valence-corrected chi connectivity index (χ1v) is 5.23. The third kappa shape index (κ3) is 2.39. The van der Waals surface area contributed by atoms with E-state index in [1.807, 2.05) is 0 Å². The van der Waals surface area contributed by atoms with E-state index in [9.17, 15) is 14.4 Å². The molecular weight excluding hydrogens is 248 g/mol. The van der Waals surface area contributed by atoms with Gasteiger partial charge in [0.25, 0.3) is 0 Å². The Labute approximate surface area is 103 Å². The van der Waals surface area contributed by atoms with E-state index in [1.54, 1.807) is 0 Å². The normalized spacial score (nSPS) is 23.0. The fourth-order valence-electron chi connectivity index (χ4n) is 1.42. The predicted octanol–water partition coefficient (Wildman–Crippen LogP) is 0.623. The van der Waals surface area contributed by atoms with Crippen molar-refractivity contribution in [3.63, 3.8) is 0 Å². The second-order valence-electron chi connectivity index (χ2n) is 3.41. The summed E-state index contributed by atoms with van der Waals surface area (Å²) in [5, 5.41) is 0. The van der Waals surface area contributed by atoms with Gasteiger partial charge in [-0.05, 0) is 12.2 Å². The molecule has 1 aliphatic rings. The molecular formula is C11H11ClO5. The molecule has 0 aromatic rings. The molecule has 0 amide bonds. The minimum absolute atomic E-state index is 0.135. The highest BCUT2D eigenvalue weighted by Gasteiger charge is 2.39.